The molecule has 5 heteroatoms. The predicted molar refractivity (Wildman–Crippen MR) is 63.3 cm³/mol. The van der Waals surface area contributed by atoms with Gasteiger partial charge in [-0.05, 0) is 30.3 Å². The molecule has 1 aromatic heterocycles. The molecular formula is C13H8FN3O. The van der Waals surface area contributed by atoms with Crippen LogP contribution in [0.15, 0.2) is 42.6 Å². The van der Waals surface area contributed by atoms with Crippen LogP contribution in [-0.2, 0) is 0 Å². The average Bonchev–Trinajstić information content (AvgIpc) is 2.41. The van der Waals surface area contributed by atoms with Crippen LogP contribution in [0.4, 0.5) is 10.2 Å². The number of nitriles is 1. The van der Waals surface area contributed by atoms with Gasteiger partial charge < -0.3 is 5.32 Å². The van der Waals surface area contributed by atoms with Crippen LogP contribution in [0.1, 0.15) is 15.9 Å². The minimum atomic E-state index is -0.473. The number of pyridine rings is 1. The molecule has 0 unspecified atom stereocenters. The van der Waals surface area contributed by atoms with E-state index >= 15 is 0 Å². The van der Waals surface area contributed by atoms with E-state index in [1.54, 1.807) is 18.2 Å². The third-order valence-corrected chi connectivity index (χ3v) is 2.22. The molecular weight excluding hydrogens is 233 g/mol. The van der Waals surface area contributed by atoms with Crippen molar-refractivity contribution in [3.63, 3.8) is 0 Å². The van der Waals surface area contributed by atoms with E-state index in [1.165, 1.54) is 18.2 Å². The topological polar surface area (TPSA) is 65.8 Å². The van der Waals surface area contributed by atoms with Gasteiger partial charge in [0.15, 0.2) is 0 Å². The van der Waals surface area contributed by atoms with Gasteiger partial charge in [0.25, 0.3) is 5.91 Å². The number of hydrogen-bond donors (Lipinski definition) is 1. The number of anilines is 1. The van der Waals surface area contributed by atoms with E-state index in [2.05, 4.69) is 10.3 Å². The Kier molecular flexibility index (Phi) is 3.30. The van der Waals surface area contributed by atoms with Crippen molar-refractivity contribution >= 4 is 11.7 Å². The van der Waals surface area contributed by atoms with Gasteiger partial charge >= 0.3 is 0 Å². The molecule has 4 nitrogen and oxygen atoms in total. The van der Waals surface area contributed by atoms with Crippen LogP contribution in [0.25, 0.3) is 0 Å². The summed E-state index contributed by atoms with van der Waals surface area (Å²) in [7, 11) is 0. The van der Waals surface area contributed by atoms with Crippen molar-refractivity contribution in [2.24, 2.45) is 0 Å². The van der Waals surface area contributed by atoms with Gasteiger partial charge in [0.05, 0.1) is 17.8 Å². The maximum atomic E-state index is 12.6. The summed E-state index contributed by atoms with van der Waals surface area (Å²) in [5, 5.41) is 11.2. The van der Waals surface area contributed by atoms with Crippen molar-refractivity contribution in [2.45, 2.75) is 0 Å². The summed E-state index contributed by atoms with van der Waals surface area (Å²) in [4.78, 5) is 15.5. The van der Waals surface area contributed by atoms with E-state index in [4.69, 9.17) is 5.26 Å². The molecule has 0 spiro atoms. The Labute approximate surface area is 103 Å². The number of benzene rings is 1. The van der Waals surface area contributed by atoms with Crippen molar-refractivity contribution in [3.8, 4) is 6.07 Å². The predicted octanol–water partition coefficient (Wildman–Crippen LogP) is 2.34. The molecule has 0 aliphatic rings. The number of hydrogen-bond acceptors (Lipinski definition) is 3. The van der Waals surface area contributed by atoms with E-state index in [1.807, 2.05) is 6.07 Å². The molecule has 0 saturated carbocycles. The van der Waals surface area contributed by atoms with E-state index in [-0.39, 0.29) is 5.82 Å². The number of halogens is 1. The molecule has 0 radical (unpaired) electrons. The van der Waals surface area contributed by atoms with Gasteiger partial charge in [0.2, 0.25) is 0 Å². The third kappa shape index (κ3) is 2.68. The minimum Gasteiger partial charge on any atom is -0.307 e. The zero-order valence-corrected chi connectivity index (χ0v) is 9.22. The van der Waals surface area contributed by atoms with Crippen LogP contribution < -0.4 is 5.32 Å². The lowest BCUT2D eigenvalue weighted by molar-refractivity contribution is 0.102. The van der Waals surface area contributed by atoms with Crippen LogP contribution in [0.5, 0.6) is 0 Å². The summed E-state index contributed by atoms with van der Waals surface area (Å²) < 4.78 is 12.6. The highest BCUT2D eigenvalue weighted by molar-refractivity contribution is 6.03. The first kappa shape index (κ1) is 11.7. The van der Waals surface area contributed by atoms with Crippen LogP contribution >= 0.6 is 0 Å². The summed E-state index contributed by atoms with van der Waals surface area (Å²) in [5.41, 5.74) is 0.745. The van der Waals surface area contributed by atoms with Crippen molar-refractivity contribution in [1.29, 1.82) is 5.26 Å². The van der Waals surface area contributed by atoms with Gasteiger partial charge in [0, 0.05) is 5.56 Å². The van der Waals surface area contributed by atoms with Gasteiger partial charge in [-0.25, -0.2) is 9.37 Å². The van der Waals surface area contributed by atoms with E-state index < -0.39 is 11.7 Å². The number of nitrogens with zero attached hydrogens (tertiary/aromatic N) is 2. The summed E-state index contributed by atoms with van der Waals surface area (Å²) in [6, 6.07) is 10.8. The first-order valence-corrected chi connectivity index (χ1v) is 5.12. The molecule has 1 N–H and O–H groups in total. The quantitative estimate of drug-likeness (QED) is 0.877. The van der Waals surface area contributed by atoms with Crippen LogP contribution in [0, 0.1) is 17.1 Å². The molecule has 18 heavy (non-hydrogen) atoms. The lowest BCUT2D eigenvalue weighted by Gasteiger charge is -2.04. The maximum Gasteiger partial charge on any atom is 0.256 e. The van der Waals surface area contributed by atoms with Crippen molar-refractivity contribution in [3.05, 3.63) is 59.5 Å². The summed E-state index contributed by atoms with van der Waals surface area (Å²) >= 11 is 0. The van der Waals surface area contributed by atoms with Crippen molar-refractivity contribution in [2.75, 3.05) is 5.32 Å². The van der Waals surface area contributed by atoms with Crippen molar-refractivity contribution in [1.82, 2.24) is 4.98 Å². The molecule has 0 bridgehead atoms. The molecule has 1 amide bonds. The second kappa shape index (κ2) is 5.06. The first-order valence-electron chi connectivity index (χ1n) is 5.12. The van der Waals surface area contributed by atoms with Crippen molar-refractivity contribution < 1.29 is 9.18 Å². The number of rotatable bonds is 2. The van der Waals surface area contributed by atoms with Gasteiger partial charge in [0.1, 0.15) is 11.6 Å². The lowest BCUT2D eigenvalue weighted by atomic mass is 10.1. The Hall–Kier alpha value is -2.74. The Morgan fingerprint density at radius 2 is 2.17 bits per heavy atom. The van der Waals surface area contributed by atoms with E-state index in [0.717, 1.165) is 6.20 Å². The Morgan fingerprint density at radius 1 is 1.33 bits per heavy atom. The number of amides is 1. The fourth-order valence-corrected chi connectivity index (χ4v) is 1.37. The monoisotopic (exact) mass is 241 g/mol. The Morgan fingerprint density at radius 3 is 2.83 bits per heavy atom. The molecule has 88 valence electrons. The molecule has 0 fully saturated rings. The molecule has 1 aromatic carbocycles. The van der Waals surface area contributed by atoms with Crippen LogP contribution in [0.3, 0.4) is 0 Å². The molecule has 2 rings (SSSR count). The molecule has 0 saturated heterocycles. The maximum absolute atomic E-state index is 12.6. The van der Waals surface area contributed by atoms with E-state index in [0.29, 0.717) is 11.1 Å². The fraction of sp³-hybridized carbons (Fsp3) is 0. The fourth-order valence-electron chi connectivity index (χ4n) is 1.37. The SMILES string of the molecule is N#Cc1cccc(C(=O)Nc2ccc(F)cn2)c1. The first-order chi connectivity index (χ1) is 8.69. The highest BCUT2D eigenvalue weighted by Gasteiger charge is 2.07. The molecule has 1 heterocycles. The largest absolute Gasteiger partial charge is 0.307 e. The van der Waals surface area contributed by atoms with E-state index in [9.17, 15) is 9.18 Å². The number of nitrogens with one attached hydrogen (secondary N) is 1. The molecule has 0 aliphatic carbocycles. The van der Waals surface area contributed by atoms with Gasteiger partial charge in [-0.2, -0.15) is 5.26 Å². The number of carbonyl (C=O) groups is 1. The average molecular weight is 241 g/mol. The highest BCUT2D eigenvalue weighted by atomic mass is 19.1. The summed E-state index contributed by atoms with van der Waals surface area (Å²) in [6.07, 6.45) is 1.02. The van der Waals surface area contributed by atoms with Crippen LogP contribution in [0.2, 0.25) is 0 Å². The molecule has 0 atom stereocenters. The number of aromatic nitrogens is 1. The van der Waals surface area contributed by atoms with Gasteiger partial charge in [-0.15, -0.1) is 0 Å². The molecule has 0 aliphatic heterocycles. The third-order valence-electron chi connectivity index (χ3n) is 2.22. The smallest absolute Gasteiger partial charge is 0.256 e. The van der Waals surface area contributed by atoms with Gasteiger partial charge in [-0.3, -0.25) is 4.79 Å². The van der Waals surface area contributed by atoms with Crippen LogP contribution in [-0.4, -0.2) is 10.9 Å². The normalized spacial score (nSPS) is 9.56. The lowest BCUT2D eigenvalue weighted by Crippen LogP contribution is -2.13. The molecule has 2 aromatic rings. The standard InChI is InChI=1S/C13H8FN3O/c14-11-4-5-12(16-8-11)17-13(18)10-3-1-2-9(6-10)7-15/h1-6,8H,(H,16,17,18). The second-order valence-electron chi connectivity index (χ2n) is 3.51. The van der Waals surface area contributed by atoms with Gasteiger partial charge in [-0.1, -0.05) is 6.07 Å². The summed E-state index contributed by atoms with van der Waals surface area (Å²) in [6.45, 7) is 0. The Bertz CT molecular complexity index is 617. The Balaban J connectivity index is 2.17. The second-order valence-corrected chi connectivity index (χ2v) is 3.51. The highest BCUT2D eigenvalue weighted by Crippen LogP contribution is 2.08. The summed E-state index contributed by atoms with van der Waals surface area (Å²) in [5.74, 6) is -0.616. The zero-order chi connectivity index (χ0) is 13.0. The minimum absolute atomic E-state index is 0.253. The zero-order valence-electron chi connectivity index (χ0n) is 9.22. The number of carbonyl (C=O) groups excluding carboxylic acids is 1.